The maximum Gasteiger partial charge on any atom is 0.259 e. The first-order valence-electron chi connectivity index (χ1n) is 10.4. The molecule has 0 radical (unpaired) electrons. The van der Waals surface area contributed by atoms with Crippen molar-refractivity contribution in [2.75, 3.05) is 19.0 Å². The second-order valence-corrected chi connectivity index (χ2v) is 7.53. The topological polar surface area (TPSA) is 67.6 Å². The van der Waals surface area contributed by atoms with Gasteiger partial charge in [-0.3, -0.25) is 4.79 Å². The predicted molar refractivity (Wildman–Crippen MR) is 130 cm³/mol. The molecular weight excluding hydrogens is 400 g/mol. The van der Waals surface area contributed by atoms with Gasteiger partial charge in [0, 0.05) is 33.7 Å². The first kappa shape index (κ1) is 21.2. The van der Waals surface area contributed by atoms with Crippen LogP contribution < -0.4 is 15.5 Å². The van der Waals surface area contributed by atoms with E-state index in [1.54, 1.807) is 13.3 Å². The van der Waals surface area contributed by atoms with E-state index >= 15 is 0 Å². The zero-order valence-electron chi connectivity index (χ0n) is 18.4. The number of ether oxygens (including phenoxy) is 1. The highest BCUT2D eigenvalue weighted by Crippen LogP contribution is 2.23. The molecule has 0 unspecified atom stereocenters. The summed E-state index contributed by atoms with van der Waals surface area (Å²) in [6.07, 6.45) is 1.68. The monoisotopic (exact) mass is 426 g/mol. The van der Waals surface area contributed by atoms with Crippen LogP contribution in [0, 0.1) is 13.8 Å². The second kappa shape index (κ2) is 9.39. The molecule has 0 aliphatic carbocycles. The molecule has 3 aromatic carbocycles. The van der Waals surface area contributed by atoms with Gasteiger partial charge in [-0.15, -0.1) is 0 Å². The smallest absolute Gasteiger partial charge is 0.259 e. The van der Waals surface area contributed by atoms with E-state index in [2.05, 4.69) is 20.4 Å². The third-order valence-electron chi connectivity index (χ3n) is 5.42. The van der Waals surface area contributed by atoms with E-state index in [1.807, 2.05) is 86.6 Å². The number of methoxy groups -OCH3 is 1. The lowest BCUT2D eigenvalue weighted by atomic mass is 10.1. The largest absolute Gasteiger partial charge is 0.497 e. The summed E-state index contributed by atoms with van der Waals surface area (Å²) < 4.78 is 7.38. The molecule has 0 bridgehead atoms. The van der Waals surface area contributed by atoms with Crippen molar-refractivity contribution in [1.29, 1.82) is 0 Å². The fraction of sp³-hybridized carbons (Fsp3) is 0.154. The highest BCUT2D eigenvalue weighted by Gasteiger charge is 2.10. The molecule has 1 amide bonds. The van der Waals surface area contributed by atoms with Crippen molar-refractivity contribution in [1.82, 2.24) is 9.99 Å². The Labute approximate surface area is 187 Å². The van der Waals surface area contributed by atoms with Crippen molar-refractivity contribution >= 4 is 28.6 Å². The van der Waals surface area contributed by atoms with Gasteiger partial charge in [-0.25, -0.2) is 5.43 Å². The maximum absolute atomic E-state index is 12.3. The normalized spacial score (nSPS) is 11.1. The Bertz CT molecular complexity index is 1270. The van der Waals surface area contributed by atoms with E-state index in [-0.39, 0.29) is 12.5 Å². The van der Waals surface area contributed by atoms with Crippen LogP contribution in [0.1, 0.15) is 17.0 Å². The number of hydrogen-bond donors (Lipinski definition) is 2. The number of benzene rings is 3. The fourth-order valence-corrected chi connectivity index (χ4v) is 3.82. The van der Waals surface area contributed by atoms with Gasteiger partial charge in [0.2, 0.25) is 0 Å². The molecule has 0 atom stereocenters. The van der Waals surface area contributed by atoms with Crippen LogP contribution in [-0.4, -0.2) is 30.3 Å². The van der Waals surface area contributed by atoms with Gasteiger partial charge in [-0.05, 0) is 55.6 Å². The van der Waals surface area contributed by atoms with Gasteiger partial charge in [0.25, 0.3) is 5.91 Å². The van der Waals surface area contributed by atoms with Gasteiger partial charge in [-0.1, -0.05) is 36.4 Å². The number of carbonyl (C=O) groups is 1. The SMILES string of the molecule is COc1ccc(-n2c(C)cc(/C=N\NC(=O)CNc3cccc4ccccc34)c2C)cc1. The highest BCUT2D eigenvalue weighted by molar-refractivity contribution is 5.95. The lowest BCUT2D eigenvalue weighted by molar-refractivity contribution is -0.119. The summed E-state index contributed by atoms with van der Waals surface area (Å²) >= 11 is 0. The molecule has 1 heterocycles. The first-order valence-corrected chi connectivity index (χ1v) is 10.4. The Morgan fingerprint density at radius 2 is 1.78 bits per heavy atom. The zero-order valence-corrected chi connectivity index (χ0v) is 18.4. The molecule has 162 valence electrons. The Morgan fingerprint density at radius 3 is 2.56 bits per heavy atom. The summed E-state index contributed by atoms with van der Waals surface area (Å²) in [5, 5.41) is 9.55. The number of carbonyl (C=O) groups excluding carboxylic acids is 1. The molecule has 4 aromatic rings. The first-order chi connectivity index (χ1) is 15.6. The standard InChI is InChI=1S/C26H26N4O2/c1-18-15-21(19(2)30(18)22-11-13-23(32-3)14-12-22)16-28-29-26(31)17-27-25-10-6-8-20-7-4-5-9-24(20)25/h4-16,27H,17H2,1-3H3,(H,29,31)/b28-16-. The molecule has 0 aliphatic rings. The number of aryl methyl sites for hydroxylation is 1. The average molecular weight is 427 g/mol. The summed E-state index contributed by atoms with van der Waals surface area (Å²) in [7, 11) is 1.65. The van der Waals surface area contributed by atoms with E-state index in [0.29, 0.717) is 0 Å². The molecule has 0 aliphatic heterocycles. The summed E-state index contributed by atoms with van der Waals surface area (Å²) in [6, 6.07) is 24.0. The molecule has 0 saturated carbocycles. The number of fused-ring (bicyclic) bond motifs is 1. The number of amides is 1. The van der Waals surface area contributed by atoms with Gasteiger partial charge in [0.15, 0.2) is 0 Å². The van der Waals surface area contributed by atoms with Crippen LogP contribution in [0.4, 0.5) is 5.69 Å². The van der Waals surface area contributed by atoms with Crippen LogP contribution in [0.25, 0.3) is 16.5 Å². The zero-order chi connectivity index (χ0) is 22.5. The molecule has 6 heteroatoms. The third-order valence-corrected chi connectivity index (χ3v) is 5.42. The molecule has 0 spiro atoms. The molecule has 1 aromatic heterocycles. The Hall–Kier alpha value is -4.06. The van der Waals surface area contributed by atoms with E-state index < -0.39 is 0 Å². The van der Waals surface area contributed by atoms with Crippen LogP contribution in [0.2, 0.25) is 0 Å². The minimum atomic E-state index is -0.210. The van der Waals surface area contributed by atoms with Crippen molar-refractivity contribution in [3.8, 4) is 11.4 Å². The molecular formula is C26H26N4O2. The Balaban J connectivity index is 1.40. The molecule has 2 N–H and O–H groups in total. The van der Waals surface area contributed by atoms with Crippen LogP contribution in [-0.2, 0) is 4.79 Å². The molecule has 6 nitrogen and oxygen atoms in total. The van der Waals surface area contributed by atoms with Crippen molar-refractivity contribution < 1.29 is 9.53 Å². The van der Waals surface area contributed by atoms with E-state index in [1.165, 1.54) is 0 Å². The molecule has 4 rings (SSSR count). The van der Waals surface area contributed by atoms with Crippen LogP contribution in [0.3, 0.4) is 0 Å². The van der Waals surface area contributed by atoms with Gasteiger partial charge >= 0.3 is 0 Å². The highest BCUT2D eigenvalue weighted by atomic mass is 16.5. The number of aromatic nitrogens is 1. The number of hydrazone groups is 1. The second-order valence-electron chi connectivity index (χ2n) is 7.53. The number of nitrogens with zero attached hydrogens (tertiary/aromatic N) is 2. The van der Waals surface area contributed by atoms with Crippen molar-refractivity contribution in [2.24, 2.45) is 5.10 Å². The number of nitrogens with one attached hydrogen (secondary N) is 2. The van der Waals surface area contributed by atoms with Gasteiger partial charge < -0.3 is 14.6 Å². The van der Waals surface area contributed by atoms with Crippen LogP contribution in [0.15, 0.2) is 77.9 Å². The van der Waals surface area contributed by atoms with E-state index in [9.17, 15) is 4.79 Å². The Kier molecular flexibility index (Phi) is 6.22. The van der Waals surface area contributed by atoms with Crippen molar-refractivity contribution in [2.45, 2.75) is 13.8 Å². The molecule has 32 heavy (non-hydrogen) atoms. The fourth-order valence-electron chi connectivity index (χ4n) is 3.82. The summed E-state index contributed by atoms with van der Waals surface area (Å²) in [4.78, 5) is 12.3. The van der Waals surface area contributed by atoms with E-state index in [0.717, 1.165) is 44.8 Å². The maximum atomic E-state index is 12.3. The van der Waals surface area contributed by atoms with Gasteiger partial charge in [0.05, 0.1) is 19.9 Å². The molecule has 0 fully saturated rings. The summed E-state index contributed by atoms with van der Waals surface area (Å²) in [5.74, 6) is 0.607. The minimum Gasteiger partial charge on any atom is -0.497 e. The van der Waals surface area contributed by atoms with Crippen LogP contribution >= 0.6 is 0 Å². The van der Waals surface area contributed by atoms with Crippen LogP contribution in [0.5, 0.6) is 5.75 Å². The average Bonchev–Trinajstić information content (AvgIpc) is 3.10. The number of hydrogen-bond acceptors (Lipinski definition) is 4. The van der Waals surface area contributed by atoms with Gasteiger partial charge in [-0.2, -0.15) is 5.10 Å². The predicted octanol–water partition coefficient (Wildman–Crippen LogP) is 4.82. The quantitative estimate of drug-likeness (QED) is 0.329. The Morgan fingerprint density at radius 1 is 1.03 bits per heavy atom. The minimum absolute atomic E-state index is 0.135. The molecule has 0 saturated heterocycles. The lowest BCUT2D eigenvalue weighted by Crippen LogP contribution is -2.25. The summed E-state index contributed by atoms with van der Waals surface area (Å²) in [6.45, 7) is 4.21. The number of anilines is 1. The third kappa shape index (κ3) is 4.49. The number of rotatable bonds is 7. The van der Waals surface area contributed by atoms with Crippen molar-refractivity contribution in [3.63, 3.8) is 0 Å². The summed E-state index contributed by atoms with van der Waals surface area (Å²) in [5.41, 5.74) is 7.64. The van der Waals surface area contributed by atoms with Crippen molar-refractivity contribution in [3.05, 3.63) is 89.7 Å². The van der Waals surface area contributed by atoms with Gasteiger partial charge in [0.1, 0.15) is 5.75 Å². The van der Waals surface area contributed by atoms with E-state index in [4.69, 9.17) is 4.74 Å². The lowest BCUT2D eigenvalue weighted by Gasteiger charge is -2.10.